The first-order valence-corrected chi connectivity index (χ1v) is 11.2. The summed E-state index contributed by atoms with van der Waals surface area (Å²) >= 11 is 0. The fraction of sp³-hybridized carbons (Fsp3) is 0.400. The van der Waals surface area contributed by atoms with E-state index in [1.165, 1.54) is 0 Å². The van der Waals surface area contributed by atoms with Crippen LogP contribution in [0.2, 0.25) is 0 Å². The number of fused-ring (bicyclic) bond motifs is 1. The number of carbonyl (C=O) groups is 2. The average molecular weight is 451 g/mol. The molecule has 2 aromatic carbocycles. The minimum Gasteiger partial charge on any atom is -0.497 e. The second kappa shape index (κ2) is 9.52. The van der Waals surface area contributed by atoms with Gasteiger partial charge in [0, 0.05) is 19.0 Å². The third kappa shape index (κ3) is 4.79. The number of anilines is 1. The number of hydrogen-bond acceptors (Lipinski definition) is 5. The predicted molar refractivity (Wildman–Crippen MR) is 126 cm³/mol. The van der Waals surface area contributed by atoms with Gasteiger partial charge in [-0.05, 0) is 36.6 Å². The van der Waals surface area contributed by atoms with Crippen molar-refractivity contribution in [1.29, 1.82) is 0 Å². The van der Waals surface area contributed by atoms with Crippen LogP contribution in [0, 0.1) is 11.8 Å². The van der Waals surface area contributed by atoms with E-state index in [9.17, 15) is 9.59 Å². The Kier molecular flexibility index (Phi) is 6.53. The van der Waals surface area contributed by atoms with Crippen LogP contribution in [-0.2, 0) is 9.59 Å². The van der Waals surface area contributed by atoms with Gasteiger partial charge in [-0.1, -0.05) is 26.0 Å². The molecule has 2 atom stereocenters. The van der Waals surface area contributed by atoms with Crippen LogP contribution in [0.25, 0.3) is 11.0 Å². The second-order valence-electron chi connectivity index (χ2n) is 8.77. The molecule has 2 amide bonds. The van der Waals surface area contributed by atoms with Crippen molar-refractivity contribution >= 4 is 28.5 Å². The van der Waals surface area contributed by atoms with Gasteiger partial charge in [-0.25, -0.2) is 4.98 Å². The van der Waals surface area contributed by atoms with Crippen molar-refractivity contribution in [1.82, 2.24) is 15.3 Å². The Balaban J connectivity index is 1.52. The zero-order chi connectivity index (χ0) is 23.5. The van der Waals surface area contributed by atoms with Gasteiger partial charge in [0.1, 0.15) is 17.3 Å². The Labute approximate surface area is 193 Å². The summed E-state index contributed by atoms with van der Waals surface area (Å²) in [5.74, 6) is 1.54. The molecule has 8 heteroatoms. The summed E-state index contributed by atoms with van der Waals surface area (Å²) < 4.78 is 10.7. The number of H-pyrrole nitrogens is 1. The quantitative estimate of drug-likeness (QED) is 0.544. The number of benzene rings is 2. The smallest absolute Gasteiger partial charge is 0.227 e. The van der Waals surface area contributed by atoms with E-state index in [1.807, 2.05) is 24.3 Å². The number of rotatable bonds is 8. The third-order valence-corrected chi connectivity index (χ3v) is 5.93. The fourth-order valence-electron chi connectivity index (χ4n) is 4.26. The molecular formula is C25H30N4O4. The summed E-state index contributed by atoms with van der Waals surface area (Å²) in [6.07, 6.45) is 0.887. The van der Waals surface area contributed by atoms with Gasteiger partial charge in [0.05, 0.1) is 42.9 Å². The molecule has 0 saturated carbocycles. The number of hydrogen-bond donors (Lipinski definition) is 2. The summed E-state index contributed by atoms with van der Waals surface area (Å²) in [6.45, 7) is 4.51. The monoisotopic (exact) mass is 450 g/mol. The van der Waals surface area contributed by atoms with E-state index in [4.69, 9.17) is 9.47 Å². The number of methoxy groups -OCH3 is 2. The van der Waals surface area contributed by atoms with Crippen LogP contribution in [0.15, 0.2) is 42.5 Å². The lowest BCUT2D eigenvalue weighted by atomic mass is 10.0. The highest BCUT2D eigenvalue weighted by molar-refractivity contribution is 6.01. The fourth-order valence-corrected chi connectivity index (χ4v) is 4.26. The lowest BCUT2D eigenvalue weighted by Crippen LogP contribution is -2.36. The maximum absolute atomic E-state index is 13.2. The summed E-state index contributed by atoms with van der Waals surface area (Å²) in [6, 6.07) is 12.8. The first-order valence-electron chi connectivity index (χ1n) is 11.2. The topological polar surface area (TPSA) is 96.5 Å². The molecule has 2 heterocycles. The van der Waals surface area contributed by atoms with Crippen LogP contribution in [0.3, 0.4) is 0 Å². The summed E-state index contributed by atoms with van der Waals surface area (Å²) in [5, 5.41) is 3.14. The molecule has 2 N–H and O–H groups in total. The lowest BCUT2D eigenvalue weighted by molar-refractivity contribution is -0.127. The molecular weight excluding hydrogens is 420 g/mol. The molecule has 1 aromatic heterocycles. The van der Waals surface area contributed by atoms with E-state index in [-0.39, 0.29) is 24.3 Å². The van der Waals surface area contributed by atoms with Crippen LogP contribution in [0.4, 0.5) is 5.69 Å². The van der Waals surface area contributed by atoms with E-state index in [0.29, 0.717) is 29.6 Å². The Morgan fingerprint density at radius 3 is 2.70 bits per heavy atom. The SMILES string of the molecule is COc1ccc(N2C[C@H](C(=O)N[C@H](CC(C)C)c3nc4ccccc4[nH]3)CC2=O)c(OC)c1. The number of nitrogens with one attached hydrogen (secondary N) is 2. The number of para-hydroxylation sites is 2. The number of ether oxygens (including phenoxy) is 2. The standard InChI is InChI=1S/C25H30N4O4/c1-15(2)11-20(24-26-18-7-5-6-8-19(18)27-24)28-25(31)16-12-23(30)29(14-16)21-10-9-17(32-3)13-22(21)33-4/h5-10,13,15-16,20H,11-12,14H2,1-4H3,(H,26,27)(H,28,31)/t16-,20-/m1/s1. The Hall–Kier alpha value is -3.55. The van der Waals surface area contributed by atoms with Crippen LogP contribution < -0.4 is 19.7 Å². The molecule has 0 aliphatic carbocycles. The zero-order valence-electron chi connectivity index (χ0n) is 19.4. The van der Waals surface area contributed by atoms with Crippen LogP contribution in [0.1, 0.15) is 38.6 Å². The van der Waals surface area contributed by atoms with E-state index in [1.54, 1.807) is 37.3 Å². The first kappa shape index (κ1) is 22.6. The van der Waals surface area contributed by atoms with Crippen LogP contribution in [0.5, 0.6) is 11.5 Å². The number of amides is 2. The van der Waals surface area contributed by atoms with Crippen molar-refractivity contribution in [3.63, 3.8) is 0 Å². The highest BCUT2D eigenvalue weighted by Crippen LogP contribution is 2.36. The van der Waals surface area contributed by atoms with Crippen molar-refractivity contribution in [2.75, 3.05) is 25.7 Å². The molecule has 33 heavy (non-hydrogen) atoms. The third-order valence-electron chi connectivity index (χ3n) is 5.93. The molecule has 8 nitrogen and oxygen atoms in total. The molecule has 3 aromatic rings. The van der Waals surface area contributed by atoms with E-state index in [0.717, 1.165) is 23.3 Å². The van der Waals surface area contributed by atoms with Gasteiger partial charge < -0.3 is 24.7 Å². The van der Waals surface area contributed by atoms with Gasteiger partial charge in [-0.3, -0.25) is 9.59 Å². The van der Waals surface area contributed by atoms with Gasteiger partial charge in [-0.15, -0.1) is 0 Å². The summed E-state index contributed by atoms with van der Waals surface area (Å²) in [4.78, 5) is 35.7. The number of aromatic nitrogens is 2. The van der Waals surface area contributed by atoms with Gasteiger partial charge in [0.2, 0.25) is 11.8 Å². The number of aromatic amines is 1. The number of imidazole rings is 1. The maximum atomic E-state index is 13.2. The normalized spacial score (nSPS) is 16.9. The number of carbonyl (C=O) groups excluding carboxylic acids is 2. The molecule has 174 valence electrons. The van der Waals surface area contributed by atoms with Gasteiger partial charge >= 0.3 is 0 Å². The largest absolute Gasteiger partial charge is 0.497 e. The molecule has 0 bridgehead atoms. The van der Waals surface area contributed by atoms with Crippen molar-refractivity contribution in [3.8, 4) is 11.5 Å². The second-order valence-corrected chi connectivity index (χ2v) is 8.77. The van der Waals surface area contributed by atoms with E-state index in [2.05, 4.69) is 29.1 Å². The van der Waals surface area contributed by atoms with Crippen LogP contribution >= 0.6 is 0 Å². The maximum Gasteiger partial charge on any atom is 0.227 e. The number of nitrogens with zero attached hydrogens (tertiary/aromatic N) is 2. The minimum absolute atomic E-state index is 0.109. The molecule has 0 spiro atoms. The van der Waals surface area contributed by atoms with Crippen molar-refractivity contribution < 1.29 is 19.1 Å². The predicted octanol–water partition coefficient (Wildman–Crippen LogP) is 3.84. The minimum atomic E-state index is -0.455. The average Bonchev–Trinajstić information content (AvgIpc) is 3.41. The first-order chi connectivity index (χ1) is 15.9. The zero-order valence-corrected chi connectivity index (χ0v) is 19.4. The van der Waals surface area contributed by atoms with Crippen LogP contribution in [-0.4, -0.2) is 42.5 Å². The van der Waals surface area contributed by atoms with Gasteiger partial charge in [0.25, 0.3) is 0 Å². The molecule has 1 saturated heterocycles. The molecule has 1 aliphatic rings. The summed E-state index contributed by atoms with van der Waals surface area (Å²) in [5.41, 5.74) is 2.43. The molecule has 0 radical (unpaired) electrons. The van der Waals surface area contributed by atoms with E-state index >= 15 is 0 Å². The molecule has 1 aliphatic heterocycles. The summed E-state index contributed by atoms with van der Waals surface area (Å²) in [7, 11) is 3.12. The van der Waals surface area contributed by atoms with Crippen molar-refractivity contribution in [2.45, 2.75) is 32.7 Å². The van der Waals surface area contributed by atoms with Gasteiger partial charge in [0.15, 0.2) is 0 Å². The lowest BCUT2D eigenvalue weighted by Gasteiger charge is -2.22. The Bertz CT molecular complexity index is 1120. The molecule has 1 fully saturated rings. The Morgan fingerprint density at radius 1 is 1.21 bits per heavy atom. The van der Waals surface area contributed by atoms with E-state index < -0.39 is 5.92 Å². The Morgan fingerprint density at radius 2 is 2.00 bits per heavy atom. The molecule has 0 unspecified atom stereocenters. The van der Waals surface area contributed by atoms with Crippen molar-refractivity contribution in [2.24, 2.45) is 11.8 Å². The van der Waals surface area contributed by atoms with Gasteiger partial charge in [-0.2, -0.15) is 0 Å². The highest BCUT2D eigenvalue weighted by atomic mass is 16.5. The highest BCUT2D eigenvalue weighted by Gasteiger charge is 2.37. The molecule has 4 rings (SSSR count). The van der Waals surface area contributed by atoms with Crippen molar-refractivity contribution in [3.05, 3.63) is 48.3 Å².